The fourth-order valence-corrected chi connectivity index (χ4v) is 3.22. The molecule has 0 unspecified atom stereocenters. The standard InChI is InChI=1S/C21H21F2N3O5/c1-11-10-12(2-4-14(11)22)25-20(29)13-3-5-15(23)18-16(7-9-31-19(13)18)26-21(30)24-8-6-17(27)28/h2-5,10,16H,6-9H2,1H3,(H,25,29)(H,27,28)(H2,24,26,30)/t16-/m0/s1. The minimum Gasteiger partial charge on any atom is -0.492 e. The van der Waals surface area contributed by atoms with Gasteiger partial charge in [0.1, 0.15) is 17.4 Å². The number of carboxylic acids is 1. The van der Waals surface area contributed by atoms with E-state index in [0.29, 0.717) is 11.3 Å². The smallest absolute Gasteiger partial charge is 0.315 e. The fraction of sp³-hybridized carbons (Fsp3) is 0.286. The van der Waals surface area contributed by atoms with Crippen LogP contribution in [0.1, 0.15) is 40.4 Å². The highest BCUT2D eigenvalue weighted by atomic mass is 19.1. The second kappa shape index (κ2) is 9.41. The molecule has 3 amide bonds. The largest absolute Gasteiger partial charge is 0.492 e. The molecule has 1 aliphatic heterocycles. The number of amides is 3. The Labute approximate surface area is 176 Å². The molecule has 0 fully saturated rings. The lowest BCUT2D eigenvalue weighted by molar-refractivity contribution is -0.136. The van der Waals surface area contributed by atoms with Gasteiger partial charge in [-0.1, -0.05) is 0 Å². The molecule has 10 heteroatoms. The molecular weight excluding hydrogens is 412 g/mol. The number of carbonyl (C=O) groups is 3. The number of urea groups is 1. The predicted octanol–water partition coefficient (Wildman–Crippen LogP) is 3.12. The van der Waals surface area contributed by atoms with Crippen LogP contribution in [0.3, 0.4) is 0 Å². The zero-order valence-electron chi connectivity index (χ0n) is 16.6. The zero-order chi connectivity index (χ0) is 22.5. The molecule has 2 aromatic rings. The number of hydrogen-bond donors (Lipinski definition) is 4. The van der Waals surface area contributed by atoms with E-state index in [9.17, 15) is 23.2 Å². The Morgan fingerprint density at radius 3 is 2.61 bits per heavy atom. The molecule has 1 aliphatic rings. The topological polar surface area (TPSA) is 117 Å². The third kappa shape index (κ3) is 5.27. The van der Waals surface area contributed by atoms with Crippen LogP contribution < -0.4 is 20.7 Å². The van der Waals surface area contributed by atoms with Crippen molar-refractivity contribution in [2.24, 2.45) is 0 Å². The number of rotatable bonds is 6. The molecule has 164 valence electrons. The van der Waals surface area contributed by atoms with E-state index in [2.05, 4.69) is 16.0 Å². The lowest BCUT2D eigenvalue weighted by Crippen LogP contribution is -2.41. The number of anilines is 1. The van der Waals surface area contributed by atoms with Gasteiger partial charge in [0.15, 0.2) is 0 Å². The molecule has 1 heterocycles. The fourth-order valence-electron chi connectivity index (χ4n) is 3.22. The van der Waals surface area contributed by atoms with Crippen molar-refractivity contribution in [1.29, 1.82) is 0 Å². The molecule has 0 aromatic heterocycles. The lowest BCUT2D eigenvalue weighted by atomic mass is 9.96. The number of nitrogens with one attached hydrogen (secondary N) is 3. The van der Waals surface area contributed by atoms with Crippen LogP contribution in [0.5, 0.6) is 5.75 Å². The number of benzene rings is 2. The normalized spacial score (nSPS) is 14.7. The number of aryl methyl sites for hydroxylation is 1. The van der Waals surface area contributed by atoms with Crippen LogP contribution in [-0.4, -0.2) is 36.2 Å². The van der Waals surface area contributed by atoms with E-state index in [1.54, 1.807) is 6.92 Å². The second-order valence-corrected chi connectivity index (χ2v) is 6.99. The summed E-state index contributed by atoms with van der Waals surface area (Å²) in [5.41, 5.74) is 0.817. The first-order valence-electron chi connectivity index (χ1n) is 9.55. The van der Waals surface area contributed by atoms with Crippen LogP contribution in [0.2, 0.25) is 0 Å². The molecule has 2 aromatic carbocycles. The molecule has 31 heavy (non-hydrogen) atoms. The van der Waals surface area contributed by atoms with E-state index in [4.69, 9.17) is 9.84 Å². The Bertz CT molecular complexity index is 1030. The van der Waals surface area contributed by atoms with Gasteiger partial charge in [-0.2, -0.15) is 0 Å². The summed E-state index contributed by atoms with van der Waals surface area (Å²) in [7, 11) is 0. The molecule has 0 aliphatic carbocycles. The zero-order valence-corrected chi connectivity index (χ0v) is 16.6. The highest BCUT2D eigenvalue weighted by Crippen LogP contribution is 2.37. The predicted molar refractivity (Wildman–Crippen MR) is 107 cm³/mol. The van der Waals surface area contributed by atoms with Crippen molar-refractivity contribution < 1.29 is 33.0 Å². The van der Waals surface area contributed by atoms with Crippen molar-refractivity contribution in [3.8, 4) is 5.75 Å². The number of fused-ring (bicyclic) bond motifs is 1. The summed E-state index contributed by atoms with van der Waals surface area (Å²) in [5.74, 6) is -2.68. The first kappa shape index (κ1) is 22.0. The van der Waals surface area contributed by atoms with Gasteiger partial charge >= 0.3 is 12.0 Å². The number of carboxylic acid groups (broad SMARTS) is 1. The van der Waals surface area contributed by atoms with Crippen LogP contribution >= 0.6 is 0 Å². The molecule has 0 radical (unpaired) electrons. The summed E-state index contributed by atoms with van der Waals surface area (Å²) in [6.07, 6.45) is 0.0117. The van der Waals surface area contributed by atoms with Crippen LogP contribution in [0.15, 0.2) is 30.3 Å². The third-order valence-corrected chi connectivity index (χ3v) is 4.73. The monoisotopic (exact) mass is 433 g/mol. The molecule has 0 saturated carbocycles. The maximum absolute atomic E-state index is 14.6. The molecular formula is C21H21F2N3O5. The minimum absolute atomic E-state index is 0.0124. The molecule has 4 N–H and O–H groups in total. The Morgan fingerprint density at radius 2 is 1.90 bits per heavy atom. The molecule has 3 rings (SSSR count). The summed E-state index contributed by atoms with van der Waals surface area (Å²) >= 11 is 0. The number of ether oxygens (including phenoxy) is 1. The quantitative estimate of drug-likeness (QED) is 0.559. The van der Waals surface area contributed by atoms with Crippen molar-refractivity contribution in [2.45, 2.75) is 25.8 Å². The van der Waals surface area contributed by atoms with Crippen LogP contribution in [0.4, 0.5) is 19.3 Å². The number of hydrogen-bond acceptors (Lipinski definition) is 4. The average Bonchev–Trinajstić information content (AvgIpc) is 2.70. The van der Waals surface area contributed by atoms with E-state index in [-0.39, 0.29) is 42.9 Å². The van der Waals surface area contributed by atoms with Crippen LogP contribution in [0, 0.1) is 18.6 Å². The lowest BCUT2D eigenvalue weighted by Gasteiger charge is -2.28. The van der Waals surface area contributed by atoms with Gasteiger partial charge in [-0.3, -0.25) is 9.59 Å². The van der Waals surface area contributed by atoms with Gasteiger partial charge in [0.25, 0.3) is 5.91 Å². The first-order valence-corrected chi connectivity index (χ1v) is 9.55. The molecule has 8 nitrogen and oxygen atoms in total. The maximum atomic E-state index is 14.6. The Kier molecular flexibility index (Phi) is 6.68. The van der Waals surface area contributed by atoms with Crippen LogP contribution in [-0.2, 0) is 4.79 Å². The van der Waals surface area contributed by atoms with Gasteiger partial charge in [-0.15, -0.1) is 0 Å². The Balaban J connectivity index is 1.79. The number of halogens is 2. The van der Waals surface area contributed by atoms with E-state index in [1.807, 2.05) is 0 Å². The van der Waals surface area contributed by atoms with Crippen molar-refractivity contribution in [3.05, 3.63) is 58.7 Å². The molecule has 1 atom stereocenters. The van der Waals surface area contributed by atoms with E-state index in [1.165, 1.54) is 24.3 Å². The summed E-state index contributed by atoms with van der Waals surface area (Å²) in [6.45, 7) is 1.61. The highest BCUT2D eigenvalue weighted by molar-refractivity contribution is 6.06. The van der Waals surface area contributed by atoms with Crippen LogP contribution in [0.25, 0.3) is 0 Å². The molecule has 0 spiro atoms. The second-order valence-electron chi connectivity index (χ2n) is 6.99. The summed E-state index contributed by atoms with van der Waals surface area (Å²) < 4.78 is 33.6. The van der Waals surface area contributed by atoms with E-state index in [0.717, 1.165) is 6.07 Å². The SMILES string of the molecule is Cc1cc(NC(=O)c2ccc(F)c3c2OCC[C@@H]3NC(=O)NCCC(=O)O)ccc1F. The minimum atomic E-state index is -1.06. The summed E-state index contributed by atoms with van der Waals surface area (Å²) in [4.78, 5) is 35.4. The number of aliphatic carboxylic acids is 1. The molecule has 0 bridgehead atoms. The Morgan fingerprint density at radius 1 is 1.16 bits per heavy atom. The molecule has 0 saturated heterocycles. The van der Waals surface area contributed by atoms with Gasteiger partial charge < -0.3 is 25.8 Å². The first-order chi connectivity index (χ1) is 14.8. The van der Waals surface area contributed by atoms with Crippen molar-refractivity contribution in [3.63, 3.8) is 0 Å². The van der Waals surface area contributed by atoms with Crippen molar-refractivity contribution in [1.82, 2.24) is 10.6 Å². The van der Waals surface area contributed by atoms with Crippen molar-refractivity contribution >= 4 is 23.6 Å². The van der Waals surface area contributed by atoms with Gasteiger partial charge in [0.05, 0.1) is 30.2 Å². The van der Waals surface area contributed by atoms with Crippen molar-refractivity contribution in [2.75, 3.05) is 18.5 Å². The summed E-state index contributed by atoms with van der Waals surface area (Å²) in [6, 6.07) is 5.05. The van der Waals surface area contributed by atoms with E-state index >= 15 is 0 Å². The van der Waals surface area contributed by atoms with Gasteiger partial charge in [0.2, 0.25) is 0 Å². The Hall–Kier alpha value is -3.69. The van der Waals surface area contributed by atoms with E-state index < -0.39 is 35.6 Å². The van der Waals surface area contributed by atoms with Gasteiger partial charge in [-0.25, -0.2) is 13.6 Å². The van der Waals surface area contributed by atoms with Gasteiger partial charge in [-0.05, 0) is 42.8 Å². The van der Waals surface area contributed by atoms with Gasteiger partial charge in [0, 0.05) is 18.7 Å². The number of carbonyl (C=O) groups excluding carboxylic acids is 2. The maximum Gasteiger partial charge on any atom is 0.315 e. The average molecular weight is 433 g/mol. The summed E-state index contributed by atoms with van der Waals surface area (Å²) in [5, 5.41) is 16.2. The highest BCUT2D eigenvalue weighted by Gasteiger charge is 2.30. The third-order valence-electron chi connectivity index (χ3n) is 4.73.